The molecule has 1 aliphatic heterocycles. The van der Waals surface area contributed by atoms with Gasteiger partial charge in [0.15, 0.2) is 0 Å². The Morgan fingerprint density at radius 2 is 1.82 bits per heavy atom. The minimum absolute atomic E-state index is 0.000881. The van der Waals surface area contributed by atoms with Crippen molar-refractivity contribution in [3.63, 3.8) is 0 Å². The summed E-state index contributed by atoms with van der Waals surface area (Å²) in [5.41, 5.74) is 2.76. The van der Waals surface area contributed by atoms with Crippen LogP contribution in [0.25, 0.3) is 11.3 Å². The van der Waals surface area contributed by atoms with Gasteiger partial charge in [-0.3, -0.25) is 14.3 Å². The number of carbonyl (C=O) groups excluding carboxylic acids is 2. The number of hydrogen-bond acceptors (Lipinski definition) is 3. The molecule has 2 aromatic rings. The fraction of sp³-hybridized carbons (Fsp3) is 0.577. The molecule has 0 spiro atoms. The van der Waals surface area contributed by atoms with Crippen LogP contribution in [-0.4, -0.2) is 46.1 Å². The molecule has 1 aromatic carbocycles. The second-order valence-corrected chi connectivity index (χ2v) is 10.5. The number of amides is 2. The third-order valence-electron chi connectivity index (χ3n) is 7.59. The molecule has 1 saturated carbocycles. The molecule has 2 fully saturated rings. The van der Waals surface area contributed by atoms with Crippen molar-refractivity contribution >= 4 is 35.0 Å². The first kappa shape index (κ1) is 25.1. The van der Waals surface area contributed by atoms with Crippen molar-refractivity contribution in [2.45, 2.75) is 57.8 Å². The third-order valence-corrected chi connectivity index (χ3v) is 8.41. The van der Waals surface area contributed by atoms with Gasteiger partial charge in [0.25, 0.3) is 0 Å². The molecule has 8 heteroatoms. The molecule has 34 heavy (non-hydrogen) atoms. The third kappa shape index (κ3) is 5.60. The number of halogens is 2. The summed E-state index contributed by atoms with van der Waals surface area (Å²) >= 11 is 12.6. The van der Waals surface area contributed by atoms with Crippen molar-refractivity contribution in [3.8, 4) is 11.3 Å². The maximum absolute atomic E-state index is 12.7. The lowest BCUT2D eigenvalue weighted by Gasteiger charge is -2.32. The van der Waals surface area contributed by atoms with Crippen LogP contribution in [0, 0.1) is 11.8 Å². The average molecular weight is 505 g/mol. The molecule has 184 valence electrons. The van der Waals surface area contributed by atoms with Crippen LogP contribution in [0.4, 0.5) is 0 Å². The van der Waals surface area contributed by atoms with Crippen LogP contribution in [0.2, 0.25) is 10.0 Å². The van der Waals surface area contributed by atoms with Gasteiger partial charge in [-0.25, -0.2) is 0 Å². The minimum Gasteiger partial charge on any atom is -0.347 e. The van der Waals surface area contributed by atoms with Crippen LogP contribution < -0.4 is 5.32 Å². The summed E-state index contributed by atoms with van der Waals surface area (Å²) in [6.07, 6.45) is 7.65. The van der Waals surface area contributed by atoms with E-state index in [-0.39, 0.29) is 24.3 Å². The molecule has 2 amide bonds. The van der Waals surface area contributed by atoms with Crippen molar-refractivity contribution in [3.05, 3.63) is 40.0 Å². The van der Waals surface area contributed by atoms with E-state index < -0.39 is 0 Å². The van der Waals surface area contributed by atoms with Gasteiger partial charge in [0.05, 0.1) is 22.3 Å². The van der Waals surface area contributed by atoms with Crippen LogP contribution in [-0.2, 0) is 16.6 Å². The zero-order chi connectivity index (χ0) is 24.2. The lowest BCUT2D eigenvalue weighted by molar-refractivity contribution is -0.135. The number of likely N-dealkylation sites (tertiary alicyclic amines) is 1. The highest BCUT2D eigenvalue weighted by atomic mass is 35.5. The van der Waals surface area contributed by atoms with Gasteiger partial charge in [0.2, 0.25) is 11.8 Å². The van der Waals surface area contributed by atoms with Crippen LogP contribution in [0.15, 0.2) is 24.3 Å². The Kier molecular flexibility index (Phi) is 8.20. The molecule has 1 saturated heterocycles. The van der Waals surface area contributed by atoms with Gasteiger partial charge >= 0.3 is 0 Å². The summed E-state index contributed by atoms with van der Waals surface area (Å²) in [6.45, 7) is 3.44. The van der Waals surface area contributed by atoms with Crippen molar-refractivity contribution in [2.75, 3.05) is 19.6 Å². The fourth-order valence-corrected chi connectivity index (χ4v) is 5.80. The van der Waals surface area contributed by atoms with Gasteiger partial charge < -0.3 is 10.2 Å². The zero-order valence-corrected chi connectivity index (χ0v) is 21.5. The fourth-order valence-electron chi connectivity index (χ4n) is 5.41. The van der Waals surface area contributed by atoms with Crippen LogP contribution >= 0.6 is 23.2 Å². The molecule has 1 atom stereocenters. The van der Waals surface area contributed by atoms with Gasteiger partial charge in [-0.1, -0.05) is 61.5 Å². The SMILES string of the molecule is C[C@@H](C(=O)NCC(=O)N1CCC(c2cc(-c3cccc(Cl)c3Cl)nn2C)CC1)C1CCCCC1. The van der Waals surface area contributed by atoms with Gasteiger partial charge in [-0.15, -0.1) is 0 Å². The minimum atomic E-state index is -0.0223. The molecular formula is C26H34Cl2N4O2. The molecule has 6 nitrogen and oxygen atoms in total. The van der Waals surface area contributed by atoms with Crippen LogP contribution in [0.3, 0.4) is 0 Å². The molecule has 2 aliphatic rings. The summed E-state index contributed by atoms with van der Waals surface area (Å²) in [5, 5.41) is 8.57. The molecule has 2 heterocycles. The van der Waals surface area contributed by atoms with E-state index in [4.69, 9.17) is 23.2 Å². The van der Waals surface area contributed by atoms with Crippen molar-refractivity contribution in [2.24, 2.45) is 18.9 Å². The van der Waals surface area contributed by atoms with E-state index in [0.29, 0.717) is 35.0 Å². The summed E-state index contributed by atoms with van der Waals surface area (Å²) in [5.74, 6) is 0.751. The lowest BCUT2D eigenvalue weighted by atomic mass is 9.80. The van der Waals surface area contributed by atoms with Crippen molar-refractivity contribution < 1.29 is 9.59 Å². The van der Waals surface area contributed by atoms with Crippen molar-refractivity contribution in [1.29, 1.82) is 0 Å². The summed E-state index contributed by atoms with van der Waals surface area (Å²) in [7, 11) is 1.94. The van der Waals surface area contributed by atoms with E-state index >= 15 is 0 Å². The number of piperidine rings is 1. The number of nitrogens with one attached hydrogen (secondary N) is 1. The van der Waals surface area contributed by atoms with Crippen molar-refractivity contribution in [1.82, 2.24) is 20.0 Å². The number of carbonyl (C=O) groups is 2. The lowest BCUT2D eigenvalue weighted by Crippen LogP contribution is -2.45. The largest absolute Gasteiger partial charge is 0.347 e. The Bertz CT molecular complexity index is 1020. The molecule has 1 aromatic heterocycles. The smallest absolute Gasteiger partial charge is 0.241 e. The second kappa shape index (κ2) is 11.1. The normalized spacial score (nSPS) is 18.6. The molecule has 1 N–H and O–H groups in total. The van der Waals surface area contributed by atoms with E-state index in [2.05, 4.69) is 16.5 Å². The topological polar surface area (TPSA) is 67.2 Å². The summed E-state index contributed by atoms with van der Waals surface area (Å²) in [4.78, 5) is 27.2. The van der Waals surface area contributed by atoms with Crippen LogP contribution in [0.1, 0.15) is 63.5 Å². The van der Waals surface area contributed by atoms with E-state index in [1.54, 1.807) is 6.07 Å². The van der Waals surface area contributed by atoms with E-state index in [9.17, 15) is 9.59 Å². The predicted octanol–water partition coefficient (Wildman–Crippen LogP) is 5.43. The van der Waals surface area contributed by atoms with E-state index in [0.717, 1.165) is 42.6 Å². The molecule has 1 aliphatic carbocycles. The highest BCUT2D eigenvalue weighted by Gasteiger charge is 2.29. The number of rotatable bonds is 6. The number of aryl methyl sites for hydroxylation is 1. The number of hydrogen-bond donors (Lipinski definition) is 1. The van der Waals surface area contributed by atoms with Crippen LogP contribution in [0.5, 0.6) is 0 Å². The van der Waals surface area contributed by atoms with Gasteiger partial charge in [0.1, 0.15) is 0 Å². The van der Waals surface area contributed by atoms with E-state index in [1.807, 2.05) is 35.7 Å². The first-order valence-electron chi connectivity index (χ1n) is 12.4. The van der Waals surface area contributed by atoms with Gasteiger partial charge in [-0.2, -0.15) is 5.10 Å². The Morgan fingerprint density at radius 3 is 2.53 bits per heavy atom. The Morgan fingerprint density at radius 1 is 1.12 bits per heavy atom. The number of aromatic nitrogens is 2. The predicted molar refractivity (Wildman–Crippen MR) is 136 cm³/mol. The molecule has 4 rings (SSSR count). The molecule has 0 bridgehead atoms. The van der Waals surface area contributed by atoms with Gasteiger partial charge in [0, 0.05) is 43.2 Å². The average Bonchev–Trinajstić information content (AvgIpc) is 3.25. The maximum atomic E-state index is 12.7. The summed E-state index contributed by atoms with van der Waals surface area (Å²) in [6, 6.07) is 7.64. The summed E-state index contributed by atoms with van der Waals surface area (Å²) < 4.78 is 1.90. The molecule has 0 radical (unpaired) electrons. The quantitative estimate of drug-likeness (QED) is 0.569. The first-order chi connectivity index (χ1) is 16.3. The molecular weight excluding hydrogens is 471 g/mol. The zero-order valence-electron chi connectivity index (χ0n) is 20.0. The Labute approximate surface area is 212 Å². The second-order valence-electron chi connectivity index (χ2n) is 9.74. The number of benzene rings is 1. The highest BCUT2D eigenvalue weighted by molar-refractivity contribution is 6.43. The highest BCUT2D eigenvalue weighted by Crippen LogP contribution is 2.36. The van der Waals surface area contributed by atoms with E-state index in [1.165, 1.54) is 19.3 Å². The Hall–Kier alpha value is -2.05. The Balaban J connectivity index is 1.29. The first-order valence-corrected chi connectivity index (χ1v) is 13.1. The molecule has 0 unspecified atom stereocenters. The monoisotopic (exact) mass is 504 g/mol. The standard InChI is InChI=1S/C26H34Cl2N4O2/c1-17(18-7-4-3-5-8-18)26(34)29-16-24(33)32-13-11-19(12-14-32)23-15-22(30-31(23)2)20-9-6-10-21(27)25(20)28/h6,9-10,15,17-19H,3-5,7-8,11-14,16H2,1-2H3,(H,29,34)/t17-/m1/s1. The number of nitrogens with zero attached hydrogens (tertiary/aromatic N) is 3. The maximum Gasteiger partial charge on any atom is 0.241 e. The van der Waals surface area contributed by atoms with Gasteiger partial charge in [-0.05, 0) is 43.7 Å².